The molecule has 1 aliphatic heterocycles. The summed E-state index contributed by atoms with van der Waals surface area (Å²) in [5, 5.41) is 5.48. The molecule has 6 heteroatoms. The molecule has 1 unspecified atom stereocenters. The van der Waals surface area contributed by atoms with Crippen LogP contribution in [0.3, 0.4) is 0 Å². The standard InChI is InChI=1S/C13H18N4O2/c1-2-11(14)12(18)16-9-3-5-10(6-4-9)17-8-7-15-13(17)19/h3-6,11H,2,7-8,14H2,1H3,(H,15,19)(H,16,18). The number of anilines is 2. The van der Waals surface area contributed by atoms with Crippen LogP contribution in [-0.4, -0.2) is 31.1 Å². The lowest BCUT2D eigenvalue weighted by molar-refractivity contribution is -0.117. The molecule has 2 rings (SSSR count). The van der Waals surface area contributed by atoms with E-state index in [4.69, 9.17) is 5.73 Å². The molecule has 1 saturated heterocycles. The average molecular weight is 262 g/mol. The lowest BCUT2D eigenvalue weighted by atomic mass is 10.2. The Kier molecular flexibility index (Phi) is 4.01. The fourth-order valence-corrected chi connectivity index (χ4v) is 1.86. The largest absolute Gasteiger partial charge is 0.336 e. The maximum absolute atomic E-state index is 11.6. The van der Waals surface area contributed by atoms with Gasteiger partial charge in [0.25, 0.3) is 0 Å². The van der Waals surface area contributed by atoms with Crippen LogP contribution in [0, 0.1) is 0 Å². The number of rotatable bonds is 4. The zero-order chi connectivity index (χ0) is 13.8. The Morgan fingerprint density at radius 2 is 2.16 bits per heavy atom. The van der Waals surface area contributed by atoms with Gasteiger partial charge in [-0.15, -0.1) is 0 Å². The van der Waals surface area contributed by atoms with Gasteiger partial charge in [-0.3, -0.25) is 9.69 Å². The van der Waals surface area contributed by atoms with Crippen molar-refractivity contribution >= 4 is 23.3 Å². The van der Waals surface area contributed by atoms with Crippen molar-refractivity contribution in [3.05, 3.63) is 24.3 Å². The fourth-order valence-electron chi connectivity index (χ4n) is 1.86. The second kappa shape index (κ2) is 5.71. The van der Waals surface area contributed by atoms with Crippen LogP contribution in [0.25, 0.3) is 0 Å². The van der Waals surface area contributed by atoms with E-state index >= 15 is 0 Å². The minimum absolute atomic E-state index is 0.0928. The van der Waals surface area contributed by atoms with Crippen LogP contribution in [0.1, 0.15) is 13.3 Å². The summed E-state index contributed by atoms with van der Waals surface area (Å²) in [6.07, 6.45) is 0.595. The van der Waals surface area contributed by atoms with Crippen molar-refractivity contribution in [2.45, 2.75) is 19.4 Å². The Labute approximate surface area is 112 Å². The highest BCUT2D eigenvalue weighted by molar-refractivity contribution is 5.96. The lowest BCUT2D eigenvalue weighted by Gasteiger charge is -2.15. The van der Waals surface area contributed by atoms with Gasteiger partial charge in [-0.05, 0) is 30.7 Å². The van der Waals surface area contributed by atoms with Crippen LogP contribution in [0.4, 0.5) is 16.2 Å². The Morgan fingerprint density at radius 3 is 2.68 bits per heavy atom. The minimum atomic E-state index is -0.496. The molecule has 0 aromatic heterocycles. The molecule has 0 spiro atoms. The monoisotopic (exact) mass is 262 g/mol. The normalized spacial score (nSPS) is 16.1. The van der Waals surface area contributed by atoms with Gasteiger partial charge in [-0.2, -0.15) is 0 Å². The Balaban J connectivity index is 2.02. The number of benzene rings is 1. The van der Waals surface area contributed by atoms with Crippen LogP contribution in [0.2, 0.25) is 0 Å². The fraction of sp³-hybridized carbons (Fsp3) is 0.385. The van der Waals surface area contributed by atoms with E-state index in [2.05, 4.69) is 10.6 Å². The Morgan fingerprint density at radius 1 is 1.47 bits per heavy atom. The van der Waals surface area contributed by atoms with Crippen molar-refractivity contribution in [1.29, 1.82) is 0 Å². The minimum Gasteiger partial charge on any atom is -0.336 e. The summed E-state index contributed by atoms with van der Waals surface area (Å²) in [6.45, 7) is 3.17. The van der Waals surface area contributed by atoms with Gasteiger partial charge in [-0.1, -0.05) is 6.92 Å². The summed E-state index contributed by atoms with van der Waals surface area (Å²) >= 11 is 0. The van der Waals surface area contributed by atoms with Crippen molar-refractivity contribution in [3.8, 4) is 0 Å². The van der Waals surface area contributed by atoms with Gasteiger partial charge in [0.2, 0.25) is 5.91 Å². The first-order chi connectivity index (χ1) is 9.11. The first-order valence-electron chi connectivity index (χ1n) is 6.33. The third-order valence-electron chi connectivity index (χ3n) is 3.08. The molecule has 4 N–H and O–H groups in total. The predicted octanol–water partition coefficient (Wildman–Crippen LogP) is 0.892. The van der Waals surface area contributed by atoms with E-state index in [1.165, 1.54) is 0 Å². The molecule has 102 valence electrons. The van der Waals surface area contributed by atoms with Crippen molar-refractivity contribution in [1.82, 2.24) is 5.32 Å². The highest BCUT2D eigenvalue weighted by Crippen LogP contribution is 2.19. The number of hydrogen-bond acceptors (Lipinski definition) is 3. The summed E-state index contributed by atoms with van der Waals surface area (Å²) in [7, 11) is 0. The molecule has 0 radical (unpaired) electrons. The highest BCUT2D eigenvalue weighted by Gasteiger charge is 2.20. The molecule has 1 fully saturated rings. The number of carbonyl (C=O) groups excluding carboxylic acids is 2. The molecule has 1 aliphatic rings. The molecule has 1 aromatic rings. The second-order valence-electron chi connectivity index (χ2n) is 4.43. The molecule has 1 atom stereocenters. The number of urea groups is 1. The number of nitrogens with zero attached hydrogens (tertiary/aromatic N) is 1. The Bertz CT molecular complexity index is 472. The van der Waals surface area contributed by atoms with E-state index in [0.717, 1.165) is 5.69 Å². The van der Waals surface area contributed by atoms with Gasteiger partial charge >= 0.3 is 6.03 Å². The third-order valence-corrected chi connectivity index (χ3v) is 3.08. The summed E-state index contributed by atoms with van der Waals surface area (Å²) in [5.74, 6) is -0.200. The molecular formula is C13H18N4O2. The van der Waals surface area contributed by atoms with Gasteiger partial charge in [0.05, 0.1) is 6.04 Å². The van der Waals surface area contributed by atoms with Crippen LogP contribution < -0.4 is 21.3 Å². The van der Waals surface area contributed by atoms with Crippen molar-refractivity contribution in [3.63, 3.8) is 0 Å². The highest BCUT2D eigenvalue weighted by atomic mass is 16.2. The molecular weight excluding hydrogens is 244 g/mol. The summed E-state index contributed by atoms with van der Waals surface area (Å²) < 4.78 is 0. The van der Waals surface area contributed by atoms with E-state index < -0.39 is 6.04 Å². The number of hydrogen-bond donors (Lipinski definition) is 3. The lowest BCUT2D eigenvalue weighted by Crippen LogP contribution is -2.34. The quantitative estimate of drug-likeness (QED) is 0.753. The maximum atomic E-state index is 11.6. The van der Waals surface area contributed by atoms with E-state index in [1.807, 2.05) is 6.92 Å². The molecule has 3 amide bonds. The summed E-state index contributed by atoms with van der Waals surface area (Å²) in [4.78, 5) is 24.8. The molecule has 0 saturated carbocycles. The van der Waals surface area contributed by atoms with Gasteiger partial charge in [0.15, 0.2) is 0 Å². The van der Waals surface area contributed by atoms with Crippen molar-refractivity contribution in [2.24, 2.45) is 5.73 Å². The van der Waals surface area contributed by atoms with Crippen molar-refractivity contribution < 1.29 is 9.59 Å². The first-order valence-corrected chi connectivity index (χ1v) is 6.33. The second-order valence-corrected chi connectivity index (χ2v) is 4.43. The number of nitrogens with two attached hydrogens (primary N) is 1. The molecule has 19 heavy (non-hydrogen) atoms. The predicted molar refractivity (Wildman–Crippen MR) is 74.1 cm³/mol. The molecule has 6 nitrogen and oxygen atoms in total. The topological polar surface area (TPSA) is 87.5 Å². The maximum Gasteiger partial charge on any atom is 0.321 e. The van der Waals surface area contributed by atoms with Crippen LogP contribution in [-0.2, 0) is 4.79 Å². The van der Waals surface area contributed by atoms with Crippen molar-refractivity contribution in [2.75, 3.05) is 23.3 Å². The third kappa shape index (κ3) is 3.03. The van der Waals surface area contributed by atoms with Gasteiger partial charge in [0, 0.05) is 24.5 Å². The summed E-state index contributed by atoms with van der Waals surface area (Å²) in [5.41, 5.74) is 7.13. The average Bonchev–Trinajstić information content (AvgIpc) is 2.85. The van der Waals surface area contributed by atoms with Gasteiger partial charge < -0.3 is 16.4 Å². The number of carbonyl (C=O) groups is 2. The van der Waals surface area contributed by atoms with Crippen LogP contribution in [0.5, 0.6) is 0 Å². The number of nitrogens with one attached hydrogen (secondary N) is 2. The van der Waals surface area contributed by atoms with Crippen LogP contribution >= 0.6 is 0 Å². The Hall–Kier alpha value is -2.08. The van der Waals surface area contributed by atoms with Crippen LogP contribution in [0.15, 0.2) is 24.3 Å². The van der Waals surface area contributed by atoms with E-state index in [9.17, 15) is 9.59 Å². The molecule has 0 aliphatic carbocycles. The molecule has 1 aromatic carbocycles. The molecule has 1 heterocycles. The zero-order valence-electron chi connectivity index (χ0n) is 10.8. The summed E-state index contributed by atoms with van der Waals surface area (Å²) in [6, 6.07) is 6.55. The zero-order valence-corrected chi connectivity index (χ0v) is 10.8. The van der Waals surface area contributed by atoms with E-state index in [1.54, 1.807) is 29.2 Å². The first kappa shape index (κ1) is 13.4. The van der Waals surface area contributed by atoms with E-state index in [-0.39, 0.29) is 11.9 Å². The van der Waals surface area contributed by atoms with E-state index in [0.29, 0.717) is 25.2 Å². The molecule has 0 bridgehead atoms. The SMILES string of the molecule is CCC(N)C(=O)Nc1ccc(N2CCNC2=O)cc1. The van der Waals surface area contributed by atoms with Gasteiger partial charge in [-0.25, -0.2) is 4.79 Å². The number of amides is 3. The smallest absolute Gasteiger partial charge is 0.321 e. The van der Waals surface area contributed by atoms with Gasteiger partial charge in [0.1, 0.15) is 0 Å².